The number of nitrogens with one attached hydrogen (secondary N) is 2. The van der Waals surface area contributed by atoms with Crippen LogP contribution in [0.4, 0.5) is 0 Å². The summed E-state index contributed by atoms with van der Waals surface area (Å²) in [6.07, 6.45) is 2.06. The number of fused-ring (bicyclic) bond motifs is 1. The van der Waals surface area contributed by atoms with Crippen molar-refractivity contribution >= 4 is 28.5 Å². The van der Waals surface area contributed by atoms with Gasteiger partial charge in [0, 0.05) is 40.8 Å². The number of benzene rings is 2. The van der Waals surface area contributed by atoms with Crippen molar-refractivity contribution in [1.82, 2.24) is 10.3 Å². The number of halogens is 1. The Balaban J connectivity index is 0.00000300. The van der Waals surface area contributed by atoms with Crippen LogP contribution in [0.15, 0.2) is 48.7 Å². The van der Waals surface area contributed by atoms with Crippen molar-refractivity contribution in [3.05, 3.63) is 64.8 Å². The minimum absolute atomic E-state index is 0. The van der Waals surface area contributed by atoms with Crippen LogP contribution in [-0.2, 0) is 11.2 Å². The largest absolute Gasteiger partial charge is 1.00 e. The molecule has 6 nitrogen and oxygen atoms in total. The summed E-state index contributed by atoms with van der Waals surface area (Å²) >= 11 is 5.97. The monoisotopic (exact) mass is 424 g/mol. The molecule has 3 aromatic rings. The smallest absolute Gasteiger partial charge is 0.546 e. The Kier molecular flexibility index (Phi) is 9.02. The van der Waals surface area contributed by atoms with Crippen molar-refractivity contribution in [3.8, 4) is 5.75 Å². The zero-order valence-electron chi connectivity index (χ0n) is 16.4. The molecule has 3 N–H and O–H groups in total. The van der Waals surface area contributed by atoms with E-state index in [9.17, 15) is 15.0 Å². The van der Waals surface area contributed by atoms with E-state index in [-0.39, 0.29) is 35.6 Å². The first-order chi connectivity index (χ1) is 13.4. The molecule has 0 radical (unpaired) electrons. The number of carboxylic acid groups (broad SMARTS) is 1. The molecule has 3 rings (SSSR count). The number of H-pyrrole nitrogens is 1. The van der Waals surface area contributed by atoms with Gasteiger partial charge in [-0.25, -0.2) is 0 Å². The van der Waals surface area contributed by atoms with Gasteiger partial charge in [0.15, 0.2) is 0 Å². The number of aromatic amines is 1. The fourth-order valence-corrected chi connectivity index (χ4v) is 3.31. The van der Waals surface area contributed by atoms with Gasteiger partial charge in [0.2, 0.25) is 0 Å². The SMILES string of the molecule is CC(Cc1c[nH]c2cc(OCC(=O)[O-])ccc12)NCC(O)c1cccc(Cl)c1.[Na+]. The molecule has 0 bridgehead atoms. The molecule has 0 saturated carbocycles. The number of aliphatic carboxylic acids is 1. The van der Waals surface area contributed by atoms with E-state index >= 15 is 0 Å². The van der Waals surface area contributed by atoms with E-state index in [1.807, 2.05) is 24.4 Å². The molecule has 0 aliphatic carbocycles. The minimum Gasteiger partial charge on any atom is -0.546 e. The summed E-state index contributed by atoms with van der Waals surface area (Å²) in [6.45, 7) is 2.00. The first-order valence-electron chi connectivity index (χ1n) is 9.02. The average Bonchev–Trinajstić information content (AvgIpc) is 3.06. The van der Waals surface area contributed by atoms with Gasteiger partial charge in [0.25, 0.3) is 0 Å². The van der Waals surface area contributed by atoms with Crippen LogP contribution < -0.4 is 44.7 Å². The van der Waals surface area contributed by atoms with Gasteiger partial charge in [0.05, 0.1) is 12.1 Å². The van der Waals surface area contributed by atoms with E-state index in [1.54, 1.807) is 24.3 Å². The zero-order chi connectivity index (χ0) is 20.1. The number of aliphatic hydroxyl groups is 1. The van der Waals surface area contributed by atoms with Gasteiger partial charge < -0.3 is 30.0 Å². The molecule has 0 saturated heterocycles. The van der Waals surface area contributed by atoms with Gasteiger partial charge in [-0.1, -0.05) is 23.7 Å². The molecule has 1 heterocycles. The maximum atomic E-state index is 10.5. The van der Waals surface area contributed by atoms with E-state index in [0.29, 0.717) is 17.3 Å². The Morgan fingerprint density at radius 2 is 2.10 bits per heavy atom. The number of aliphatic hydroxyl groups excluding tert-OH is 1. The van der Waals surface area contributed by atoms with Crippen LogP contribution in [0.25, 0.3) is 10.9 Å². The van der Waals surface area contributed by atoms with Crippen LogP contribution in [0.3, 0.4) is 0 Å². The van der Waals surface area contributed by atoms with Gasteiger partial charge in [-0.3, -0.25) is 0 Å². The van der Waals surface area contributed by atoms with E-state index in [2.05, 4.69) is 17.2 Å². The predicted octanol–water partition coefficient (Wildman–Crippen LogP) is -0.792. The molecule has 2 unspecified atom stereocenters. The average molecular weight is 425 g/mol. The molecular weight excluding hydrogens is 403 g/mol. The molecule has 0 aliphatic heterocycles. The topological polar surface area (TPSA) is 97.4 Å². The molecule has 0 amide bonds. The van der Waals surface area contributed by atoms with Crippen LogP contribution >= 0.6 is 11.6 Å². The molecule has 2 atom stereocenters. The summed E-state index contributed by atoms with van der Waals surface area (Å²) in [5, 5.41) is 25.8. The van der Waals surface area contributed by atoms with E-state index in [1.165, 1.54) is 0 Å². The standard InChI is InChI=1S/C21H23ClN2O4.Na/c1-13(23-11-20(25)14-3-2-4-16(22)8-14)7-15-10-24-19-9-17(5-6-18(15)19)28-12-21(26)27;/h2-6,8-10,13,20,23-25H,7,11-12H2,1H3,(H,26,27);/q;+1/p-1. The van der Waals surface area contributed by atoms with Crippen LogP contribution in [0.2, 0.25) is 5.02 Å². The van der Waals surface area contributed by atoms with E-state index in [0.717, 1.165) is 28.5 Å². The molecule has 0 aliphatic rings. The summed E-state index contributed by atoms with van der Waals surface area (Å²) in [7, 11) is 0. The molecular formula is C21H22ClN2NaO4. The Hall–Kier alpha value is -1.54. The molecule has 148 valence electrons. The Morgan fingerprint density at radius 3 is 2.83 bits per heavy atom. The first-order valence-corrected chi connectivity index (χ1v) is 9.39. The summed E-state index contributed by atoms with van der Waals surface area (Å²) in [4.78, 5) is 13.7. The second kappa shape index (κ2) is 11.0. The number of carboxylic acids is 1. The van der Waals surface area contributed by atoms with E-state index in [4.69, 9.17) is 16.3 Å². The molecule has 1 aromatic heterocycles. The second-order valence-corrected chi connectivity index (χ2v) is 7.20. The van der Waals surface area contributed by atoms with Gasteiger partial charge >= 0.3 is 29.6 Å². The van der Waals surface area contributed by atoms with E-state index < -0.39 is 18.7 Å². The Labute approximate surface area is 196 Å². The number of hydrogen-bond acceptors (Lipinski definition) is 5. The summed E-state index contributed by atoms with van der Waals surface area (Å²) < 4.78 is 5.15. The number of carbonyl (C=O) groups excluding carboxylic acids is 1. The number of aromatic nitrogens is 1. The maximum Gasteiger partial charge on any atom is 1.00 e. The second-order valence-electron chi connectivity index (χ2n) is 6.77. The van der Waals surface area contributed by atoms with Crippen LogP contribution in [-0.4, -0.2) is 35.3 Å². The normalized spacial score (nSPS) is 12.9. The summed E-state index contributed by atoms with van der Waals surface area (Å²) in [5.74, 6) is -0.784. The number of carbonyl (C=O) groups is 1. The van der Waals surface area contributed by atoms with Crippen molar-refractivity contribution in [1.29, 1.82) is 0 Å². The van der Waals surface area contributed by atoms with Crippen LogP contribution in [0.1, 0.15) is 24.2 Å². The van der Waals surface area contributed by atoms with Crippen molar-refractivity contribution in [2.45, 2.75) is 25.5 Å². The van der Waals surface area contributed by atoms with Crippen molar-refractivity contribution in [3.63, 3.8) is 0 Å². The fourth-order valence-electron chi connectivity index (χ4n) is 3.11. The molecule has 8 heteroatoms. The maximum absolute atomic E-state index is 10.5. The third-order valence-electron chi connectivity index (χ3n) is 4.51. The number of ether oxygens (including phenoxy) is 1. The molecule has 0 fully saturated rings. The van der Waals surface area contributed by atoms with Crippen LogP contribution in [0, 0.1) is 0 Å². The van der Waals surface area contributed by atoms with Gasteiger partial charge in [-0.2, -0.15) is 0 Å². The summed E-state index contributed by atoms with van der Waals surface area (Å²) in [6, 6.07) is 12.8. The quantitative estimate of drug-likeness (QED) is 0.391. The van der Waals surface area contributed by atoms with Crippen LogP contribution in [0.5, 0.6) is 5.75 Å². The fraction of sp³-hybridized carbons (Fsp3) is 0.286. The zero-order valence-corrected chi connectivity index (χ0v) is 19.2. The molecule has 29 heavy (non-hydrogen) atoms. The molecule has 2 aromatic carbocycles. The van der Waals surface area contributed by atoms with Crippen molar-refractivity contribution in [2.75, 3.05) is 13.2 Å². The number of rotatable bonds is 9. The van der Waals surface area contributed by atoms with Gasteiger partial charge in [0.1, 0.15) is 12.4 Å². The Morgan fingerprint density at radius 1 is 1.31 bits per heavy atom. The minimum atomic E-state index is -1.26. The predicted molar refractivity (Wildman–Crippen MR) is 106 cm³/mol. The Bertz CT molecular complexity index is 963. The van der Waals surface area contributed by atoms with Crippen molar-refractivity contribution < 1.29 is 49.3 Å². The first kappa shape index (κ1) is 23.7. The number of hydrogen-bond donors (Lipinski definition) is 3. The van der Waals surface area contributed by atoms with Gasteiger partial charge in [-0.05, 0) is 48.7 Å². The van der Waals surface area contributed by atoms with Gasteiger partial charge in [-0.15, -0.1) is 0 Å². The third-order valence-corrected chi connectivity index (χ3v) is 4.75. The van der Waals surface area contributed by atoms with Crippen molar-refractivity contribution in [2.24, 2.45) is 0 Å². The third kappa shape index (κ3) is 6.74. The summed E-state index contributed by atoms with van der Waals surface area (Å²) in [5.41, 5.74) is 2.78. The molecule has 0 spiro atoms.